The summed E-state index contributed by atoms with van der Waals surface area (Å²) in [4.78, 5) is 27.7. The molecule has 6 nitrogen and oxygen atoms in total. The molecule has 6 heteroatoms. The van der Waals surface area contributed by atoms with Crippen molar-refractivity contribution in [2.45, 2.75) is 44.1 Å². The first-order valence-corrected chi connectivity index (χ1v) is 8.90. The van der Waals surface area contributed by atoms with Crippen molar-refractivity contribution in [1.82, 2.24) is 10.3 Å². The molecule has 1 saturated carbocycles. The molecule has 26 heavy (non-hydrogen) atoms. The Bertz CT molecular complexity index is 760. The molecule has 1 aliphatic rings. The normalized spacial score (nSPS) is 14.5. The van der Waals surface area contributed by atoms with Crippen molar-refractivity contribution in [3.8, 4) is 0 Å². The summed E-state index contributed by atoms with van der Waals surface area (Å²) in [5.74, 6) is 0.161. The molecule has 1 aromatic carbocycles. The summed E-state index contributed by atoms with van der Waals surface area (Å²) in [6.07, 6.45) is 3.26. The molecule has 3 N–H and O–H groups in total. The Labute approximate surface area is 152 Å². The van der Waals surface area contributed by atoms with Crippen LogP contribution in [0.3, 0.4) is 0 Å². The molecule has 1 atom stereocenters. The Hall–Kier alpha value is -2.89. The highest BCUT2D eigenvalue weighted by atomic mass is 16.4. The molecule has 1 aromatic heterocycles. The number of anilines is 1. The number of nitrogens with zero attached hydrogens (tertiary/aromatic N) is 1. The molecule has 2 amide bonds. The molecule has 1 aliphatic carbocycles. The van der Waals surface area contributed by atoms with Gasteiger partial charge >= 0.3 is 12.0 Å². The minimum absolute atomic E-state index is 0.00714. The minimum Gasteiger partial charge on any atom is -0.481 e. The van der Waals surface area contributed by atoms with E-state index in [0.717, 1.165) is 24.1 Å². The topological polar surface area (TPSA) is 91.3 Å². The van der Waals surface area contributed by atoms with E-state index in [2.05, 4.69) is 15.6 Å². The van der Waals surface area contributed by atoms with Gasteiger partial charge in [0.25, 0.3) is 0 Å². The van der Waals surface area contributed by atoms with Gasteiger partial charge < -0.3 is 10.4 Å². The van der Waals surface area contributed by atoms with Crippen LogP contribution < -0.4 is 10.6 Å². The number of carbonyl (C=O) groups excluding carboxylic acids is 1. The lowest BCUT2D eigenvalue weighted by Gasteiger charge is -2.18. The molecule has 0 saturated heterocycles. The molecule has 1 fully saturated rings. The number of rotatable bonds is 8. The maximum absolute atomic E-state index is 12.3. The fourth-order valence-electron chi connectivity index (χ4n) is 2.89. The van der Waals surface area contributed by atoms with Crippen molar-refractivity contribution >= 4 is 17.8 Å². The number of benzene rings is 1. The smallest absolute Gasteiger partial charge is 0.320 e. The van der Waals surface area contributed by atoms with Crippen molar-refractivity contribution < 1.29 is 14.7 Å². The van der Waals surface area contributed by atoms with Crippen LogP contribution >= 0.6 is 0 Å². The van der Waals surface area contributed by atoms with Crippen LogP contribution in [0.15, 0.2) is 48.5 Å². The monoisotopic (exact) mass is 353 g/mol. The van der Waals surface area contributed by atoms with Gasteiger partial charge in [0.05, 0.1) is 0 Å². The van der Waals surface area contributed by atoms with Gasteiger partial charge in [0, 0.05) is 24.1 Å². The van der Waals surface area contributed by atoms with Gasteiger partial charge in [-0.25, -0.2) is 9.78 Å². The molecule has 1 heterocycles. The standard InChI is InChI=1S/C20H23N3O3/c24-19(25)12-11-16(13-14-5-2-1-3-6-14)21-20(26)23-18-8-4-7-17(22-18)15-9-10-15/h1-8,15-16H,9-13H2,(H,24,25)(H2,21,22,23,26). The van der Waals surface area contributed by atoms with Gasteiger partial charge in [0.15, 0.2) is 0 Å². The van der Waals surface area contributed by atoms with Crippen LogP contribution in [-0.2, 0) is 11.2 Å². The minimum atomic E-state index is -0.871. The summed E-state index contributed by atoms with van der Waals surface area (Å²) in [5.41, 5.74) is 2.06. The second-order valence-electron chi connectivity index (χ2n) is 6.64. The summed E-state index contributed by atoms with van der Waals surface area (Å²) >= 11 is 0. The number of carbonyl (C=O) groups is 2. The molecule has 0 bridgehead atoms. The van der Waals surface area contributed by atoms with E-state index in [1.807, 2.05) is 42.5 Å². The molecule has 1 unspecified atom stereocenters. The SMILES string of the molecule is O=C(O)CCC(Cc1ccccc1)NC(=O)Nc1cccc(C2CC2)n1. The van der Waals surface area contributed by atoms with Crippen molar-refractivity contribution in [1.29, 1.82) is 0 Å². The van der Waals surface area contributed by atoms with Gasteiger partial charge in [0.2, 0.25) is 0 Å². The summed E-state index contributed by atoms with van der Waals surface area (Å²) in [6.45, 7) is 0. The quantitative estimate of drug-likeness (QED) is 0.677. The van der Waals surface area contributed by atoms with E-state index in [-0.39, 0.29) is 18.5 Å². The molecule has 0 spiro atoms. The Balaban J connectivity index is 1.60. The highest BCUT2D eigenvalue weighted by Crippen LogP contribution is 2.39. The van der Waals surface area contributed by atoms with Crippen LogP contribution in [0.5, 0.6) is 0 Å². The summed E-state index contributed by atoms with van der Waals surface area (Å²) < 4.78 is 0. The van der Waals surface area contributed by atoms with Crippen molar-refractivity contribution in [2.75, 3.05) is 5.32 Å². The fraction of sp³-hybridized carbons (Fsp3) is 0.350. The maximum Gasteiger partial charge on any atom is 0.320 e. The highest BCUT2D eigenvalue weighted by Gasteiger charge is 2.25. The number of amides is 2. The number of hydrogen-bond acceptors (Lipinski definition) is 3. The van der Waals surface area contributed by atoms with Gasteiger partial charge in [-0.05, 0) is 43.4 Å². The maximum atomic E-state index is 12.3. The van der Waals surface area contributed by atoms with E-state index in [1.54, 1.807) is 6.07 Å². The van der Waals surface area contributed by atoms with Crippen LogP contribution in [0.25, 0.3) is 0 Å². The Kier molecular flexibility index (Phi) is 5.84. The molecule has 2 aromatic rings. The van der Waals surface area contributed by atoms with Crippen LogP contribution in [0.2, 0.25) is 0 Å². The third-order valence-electron chi connectivity index (χ3n) is 4.37. The molecule has 136 valence electrons. The number of pyridine rings is 1. The van der Waals surface area contributed by atoms with Crippen molar-refractivity contribution in [3.05, 3.63) is 59.8 Å². The zero-order valence-corrected chi connectivity index (χ0v) is 14.5. The predicted molar refractivity (Wildman–Crippen MR) is 99.2 cm³/mol. The third-order valence-corrected chi connectivity index (χ3v) is 4.37. The number of hydrogen-bond donors (Lipinski definition) is 3. The lowest BCUT2D eigenvalue weighted by Crippen LogP contribution is -2.39. The van der Waals surface area contributed by atoms with Gasteiger partial charge in [-0.2, -0.15) is 0 Å². The average Bonchev–Trinajstić information content (AvgIpc) is 3.46. The van der Waals surface area contributed by atoms with Crippen LogP contribution in [0.4, 0.5) is 10.6 Å². The number of carboxylic acid groups (broad SMARTS) is 1. The van der Waals surface area contributed by atoms with Crippen LogP contribution in [0.1, 0.15) is 42.9 Å². The van der Waals surface area contributed by atoms with E-state index in [0.29, 0.717) is 24.6 Å². The molecule has 3 rings (SSSR count). The lowest BCUT2D eigenvalue weighted by molar-refractivity contribution is -0.137. The zero-order chi connectivity index (χ0) is 18.4. The predicted octanol–water partition coefficient (Wildman–Crippen LogP) is 3.56. The first-order valence-electron chi connectivity index (χ1n) is 8.90. The molecule has 0 aliphatic heterocycles. The van der Waals surface area contributed by atoms with Crippen molar-refractivity contribution in [3.63, 3.8) is 0 Å². The third kappa shape index (κ3) is 5.58. The zero-order valence-electron chi connectivity index (χ0n) is 14.5. The van der Waals surface area contributed by atoms with E-state index in [4.69, 9.17) is 5.11 Å². The lowest BCUT2D eigenvalue weighted by atomic mass is 10.0. The Morgan fingerprint density at radius 1 is 1.12 bits per heavy atom. The largest absolute Gasteiger partial charge is 0.481 e. The number of carboxylic acids is 1. The van der Waals surface area contributed by atoms with E-state index in [9.17, 15) is 9.59 Å². The number of nitrogens with one attached hydrogen (secondary N) is 2. The van der Waals surface area contributed by atoms with Gasteiger partial charge in [-0.3, -0.25) is 10.1 Å². The second-order valence-corrected chi connectivity index (χ2v) is 6.64. The van der Waals surface area contributed by atoms with E-state index < -0.39 is 5.97 Å². The molecular weight excluding hydrogens is 330 g/mol. The highest BCUT2D eigenvalue weighted by molar-refractivity contribution is 5.88. The summed E-state index contributed by atoms with van der Waals surface area (Å²) in [7, 11) is 0. The fourth-order valence-corrected chi connectivity index (χ4v) is 2.89. The number of aromatic nitrogens is 1. The van der Waals surface area contributed by atoms with Crippen LogP contribution in [-0.4, -0.2) is 28.1 Å². The first-order chi connectivity index (χ1) is 12.6. The van der Waals surface area contributed by atoms with Crippen molar-refractivity contribution in [2.24, 2.45) is 0 Å². The second kappa shape index (κ2) is 8.47. The summed E-state index contributed by atoms with van der Waals surface area (Å²) in [5, 5.41) is 14.6. The molecular formula is C20H23N3O3. The number of urea groups is 1. The van der Waals surface area contributed by atoms with Gasteiger partial charge in [0.1, 0.15) is 5.82 Å². The van der Waals surface area contributed by atoms with Gasteiger partial charge in [-0.15, -0.1) is 0 Å². The van der Waals surface area contributed by atoms with Crippen LogP contribution in [0, 0.1) is 0 Å². The number of aliphatic carboxylic acids is 1. The Morgan fingerprint density at radius 2 is 1.88 bits per heavy atom. The Morgan fingerprint density at radius 3 is 2.58 bits per heavy atom. The summed E-state index contributed by atoms with van der Waals surface area (Å²) in [6, 6.07) is 14.7. The van der Waals surface area contributed by atoms with Gasteiger partial charge in [-0.1, -0.05) is 36.4 Å². The van der Waals surface area contributed by atoms with E-state index in [1.165, 1.54) is 0 Å². The first kappa shape index (κ1) is 17.9. The average molecular weight is 353 g/mol. The molecule has 0 radical (unpaired) electrons. The van der Waals surface area contributed by atoms with E-state index >= 15 is 0 Å².